The molecule has 0 aliphatic carbocycles. The third-order valence-corrected chi connectivity index (χ3v) is 10.1. The van der Waals surface area contributed by atoms with Crippen LogP contribution in [0, 0.1) is 10.8 Å². The molecule has 9 atom stereocenters. The number of halogens is 1. The number of hydrogen-bond donors (Lipinski definition) is 3. The van der Waals surface area contributed by atoms with Crippen molar-refractivity contribution in [2.24, 2.45) is 11.2 Å². The fourth-order valence-electron chi connectivity index (χ4n) is 6.17. The van der Waals surface area contributed by atoms with E-state index in [-0.39, 0.29) is 12.3 Å². The number of thioether (sulfide) groups is 1. The first-order valence-electron chi connectivity index (χ1n) is 17.8. The Labute approximate surface area is 287 Å². The van der Waals surface area contributed by atoms with Gasteiger partial charge in [0.2, 0.25) is 5.91 Å². The zero-order valence-corrected chi connectivity index (χ0v) is 30.9. The maximum atomic E-state index is 13.4. The number of rotatable bonds is 26. The van der Waals surface area contributed by atoms with Gasteiger partial charge in [0.15, 0.2) is 6.10 Å². The van der Waals surface area contributed by atoms with Crippen molar-refractivity contribution in [2.75, 3.05) is 13.3 Å². The molecule has 3 N–H and O–H groups in total. The second-order valence-electron chi connectivity index (χ2n) is 13.1. The van der Waals surface area contributed by atoms with Gasteiger partial charge in [-0.15, -0.1) is 28.3 Å². The molecule has 0 unspecified atom stereocenters. The number of carbonyl (C=O) groups is 2. The summed E-state index contributed by atoms with van der Waals surface area (Å²) in [5, 5.41) is 28.4. The van der Waals surface area contributed by atoms with Gasteiger partial charge in [0.05, 0.1) is 16.7 Å². The van der Waals surface area contributed by atoms with Crippen LogP contribution in [0.15, 0.2) is 5.29 Å². The molecule has 1 heterocycles. The highest BCUT2D eigenvalue weighted by atomic mass is 35.5. The number of nitroso groups, excluding NO2 is 1. The summed E-state index contributed by atoms with van der Waals surface area (Å²) in [5.41, 5.74) is -0.784. The van der Waals surface area contributed by atoms with Crippen molar-refractivity contribution < 1.29 is 29.3 Å². The lowest BCUT2D eigenvalue weighted by molar-refractivity contribution is -0.218. The molecule has 0 aromatic carbocycles. The smallest absolute Gasteiger partial charge is 0.306 e. The average Bonchev–Trinajstić information content (AvgIpc) is 3.03. The maximum absolute atomic E-state index is 13.4. The fraction of sp³-hybridized carbons (Fsp3) is 0.941. The molecule has 0 saturated carbocycles. The Morgan fingerprint density at radius 2 is 1.48 bits per heavy atom. The molecule has 0 aromatic rings. The summed E-state index contributed by atoms with van der Waals surface area (Å²) >= 11 is 7.73. The van der Waals surface area contributed by atoms with Crippen LogP contribution < -0.4 is 5.32 Å². The van der Waals surface area contributed by atoms with E-state index < -0.39 is 59.2 Å². The summed E-state index contributed by atoms with van der Waals surface area (Å²) in [4.78, 5) is 37.4. The summed E-state index contributed by atoms with van der Waals surface area (Å²) in [6.07, 6.45) is 14.9. The largest absolute Gasteiger partial charge is 0.456 e. The molecule has 0 spiro atoms. The minimum atomic E-state index is -1.48. The number of unbranched alkanes of at least 4 members (excludes halogenated alkanes) is 12. The first-order chi connectivity index (χ1) is 22.0. The van der Waals surface area contributed by atoms with Crippen molar-refractivity contribution in [1.29, 1.82) is 0 Å². The van der Waals surface area contributed by atoms with Crippen LogP contribution in [-0.4, -0.2) is 87.7 Å². The molecule has 1 saturated heterocycles. The minimum absolute atomic E-state index is 0.172. The molecule has 10 nitrogen and oxygen atoms in total. The van der Waals surface area contributed by atoms with E-state index in [2.05, 4.69) is 24.5 Å². The number of carbonyl (C=O) groups excluding carboxylic acids is 2. The predicted molar refractivity (Wildman–Crippen MR) is 188 cm³/mol. The van der Waals surface area contributed by atoms with Gasteiger partial charge >= 0.3 is 5.97 Å². The molecular formula is C34H64ClN3O7S. The molecule has 0 aromatic heterocycles. The van der Waals surface area contributed by atoms with Gasteiger partial charge in [-0.2, -0.15) is 0 Å². The van der Waals surface area contributed by atoms with E-state index in [0.29, 0.717) is 12.8 Å². The van der Waals surface area contributed by atoms with Crippen LogP contribution in [0.4, 0.5) is 0 Å². The number of aliphatic hydroxyl groups excluding tert-OH is 2. The molecule has 1 fully saturated rings. The lowest BCUT2D eigenvalue weighted by atomic mass is 9.92. The van der Waals surface area contributed by atoms with Gasteiger partial charge in [0.25, 0.3) is 0 Å². The van der Waals surface area contributed by atoms with Gasteiger partial charge in [0, 0.05) is 13.5 Å². The number of nitrogens with one attached hydrogen (secondary N) is 1. The molecule has 1 amide bonds. The lowest BCUT2D eigenvalue weighted by Gasteiger charge is -2.45. The van der Waals surface area contributed by atoms with Crippen molar-refractivity contribution >= 4 is 35.2 Å². The summed E-state index contributed by atoms with van der Waals surface area (Å²) in [5.74, 6) is -0.740. The average molecular weight is 694 g/mol. The Bertz CT molecular complexity index is 841. The van der Waals surface area contributed by atoms with Crippen molar-refractivity contribution in [2.45, 2.75) is 184 Å². The van der Waals surface area contributed by atoms with Crippen LogP contribution in [0.25, 0.3) is 0 Å². The predicted octanol–water partition coefficient (Wildman–Crippen LogP) is 7.11. The van der Waals surface area contributed by atoms with Gasteiger partial charge in [-0.25, -0.2) is 0 Å². The zero-order valence-electron chi connectivity index (χ0n) is 29.3. The number of likely N-dealkylation sites (N-methyl/N-ethyl adjacent to an activating group) is 1. The Morgan fingerprint density at radius 1 is 0.935 bits per heavy atom. The van der Waals surface area contributed by atoms with Crippen LogP contribution in [0.5, 0.6) is 0 Å². The number of aliphatic hydroxyl groups is 2. The minimum Gasteiger partial charge on any atom is -0.456 e. The molecule has 0 bridgehead atoms. The first-order valence-corrected chi connectivity index (χ1v) is 19.5. The molecule has 270 valence electrons. The Balaban J connectivity index is 2.62. The molecule has 1 aliphatic heterocycles. The van der Waals surface area contributed by atoms with Gasteiger partial charge in [-0.05, 0) is 31.9 Å². The van der Waals surface area contributed by atoms with Gasteiger partial charge < -0.3 is 25.0 Å². The Morgan fingerprint density at radius 3 is 1.96 bits per heavy atom. The SMILES string of the molecule is CCCCCCCCCCCCCCCC(=O)O[C@@H]1[C@@H](O)[C@@H](O)[C@@H]([C@H](NC(=O)[C@H](C[C@H](C)CCC)N(C)N=O)[C@H](C)Cl)O[C@@H]1SC. The van der Waals surface area contributed by atoms with Gasteiger partial charge in [0.1, 0.15) is 29.8 Å². The number of ether oxygens (including phenoxy) is 2. The summed E-state index contributed by atoms with van der Waals surface area (Å²) < 4.78 is 11.8. The van der Waals surface area contributed by atoms with Crippen LogP contribution >= 0.6 is 23.4 Å². The van der Waals surface area contributed by atoms with Crippen molar-refractivity contribution in [3.8, 4) is 0 Å². The summed E-state index contributed by atoms with van der Waals surface area (Å²) in [7, 11) is 1.45. The van der Waals surface area contributed by atoms with Crippen LogP contribution in [0.3, 0.4) is 0 Å². The first kappa shape index (κ1) is 42.9. The van der Waals surface area contributed by atoms with E-state index in [4.69, 9.17) is 21.1 Å². The monoisotopic (exact) mass is 693 g/mol. The highest BCUT2D eigenvalue weighted by Gasteiger charge is 2.50. The molecule has 46 heavy (non-hydrogen) atoms. The normalized spacial score (nSPS) is 24.1. The second kappa shape index (κ2) is 24.9. The highest BCUT2D eigenvalue weighted by molar-refractivity contribution is 7.99. The third-order valence-electron chi connectivity index (χ3n) is 9.01. The van der Waals surface area contributed by atoms with Crippen molar-refractivity contribution in [3.63, 3.8) is 0 Å². The third kappa shape index (κ3) is 15.8. The summed E-state index contributed by atoms with van der Waals surface area (Å²) in [6.45, 7) is 7.96. The number of amides is 1. The summed E-state index contributed by atoms with van der Waals surface area (Å²) in [6, 6.07) is -1.74. The molecule has 1 rings (SSSR count). The number of hydrogen-bond acceptors (Lipinski definition) is 9. The van der Waals surface area contributed by atoms with Gasteiger partial charge in [-0.1, -0.05) is 111 Å². The molecule has 1 aliphatic rings. The molecule has 0 radical (unpaired) electrons. The van der Waals surface area contributed by atoms with Crippen molar-refractivity contribution in [3.05, 3.63) is 4.91 Å². The van der Waals surface area contributed by atoms with E-state index in [1.807, 2.05) is 6.92 Å². The Hall–Kier alpha value is -1.14. The maximum Gasteiger partial charge on any atom is 0.306 e. The molecular weight excluding hydrogens is 630 g/mol. The van der Waals surface area contributed by atoms with Crippen LogP contribution in [-0.2, 0) is 19.1 Å². The fourth-order valence-corrected chi connectivity index (χ4v) is 7.10. The zero-order chi connectivity index (χ0) is 34.5. The quantitative estimate of drug-likeness (QED) is 0.0285. The lowest BCUT2D eigenvalue weighted by Crippen LogP contribution is -2.65. The van der Waals surface area contributed by atoms with Crippen LogP contribution in [0.1, 0.15) is 137 Å². The number of esters is 1. The second-order valence-corrected chi connectivity index (χ2v) is 14.8. The van der Waals surface area contributed by atoms with E-state index in [1.54, 1.807) is 13.2 Å². The van der Waals surface area contributed by atoms with E-state index >= 15 is 0 Å². The highest BCUT2D eigenvalue weighted by Crippen LogP contribution is 2.32. The standard InChI is InChI=1S/C34H64ClN3O7S/c1-7-9-10-11-12-13-14-15-16-17-18-19-20-22-27(39)44-32-30(41)29(40)31(45-34(32)46-6)28(25(4)35)36-33(42)26(38(5)37-43)23-24(3)21-8-2/h24-26,28-32,34,40-41H,7-23H2,1-6H3,(H,36,42)/t24-,25+,26+,28-,29-,30+,31-,32-,34-/m1/s1. The van der Waals surface area contributed by atoms with Gasteiger partial charge in [-0.3, -0.25) is 14.6 Å². The number of alkyl halides is 1. The van der Waals surface area contributed by atoms with E-state index in [1.165, 1.54) is 83.0 Å². The Kier molecular flexibility index (Phi) is 23.2. The topological polar surface area (TPSA) is 138 Å². The van der Waals surface area contributed by atoms with Crippen LogP contribution in [0.2, 0.25) is 0 Å². The van der Waals surface area contributed by atoms with E-state index in [9.17, 15) is 24.7 Å². The molecule has 12 heteroatoms. The van der Waals surface area contributed by atoms with Crippen molar-refractivity contribution in [1.82, 2.24) is 10.3 Å². The van der Waals surface area contributed by atoms with E-state index in [0.717, 1.165) is 30.7 Å². The number of nitrogens with zero attached hydrogens (tertiary/aromatic N) is 2.